The maximum Gasteiger partial charge on any atom is 0.339 e. The Morgan fingerprint density at radius 1 is 0.710 bits per heavy atom. The fourth-order valence-corrected chi connectivity index (χ4v) is 2.80. The van der Waals surface area contributed by atoms with Crippen molar-refractivity contribution in [2.75, 3.05) is 42.7 Å². The number of carbonyl (C=O) groups is 1. The van der Waals surface area contributed by atoms with Gasteiger partial charge in [-0.3, -0.25) is 0 Å². The topological polar surface area (TPSA) is 81.7 Å². The summed E-state index contributed by atoms with van der Waals surface area (Å²) >= 11 is 0. The number of esters is 1. The standard InChI is InChI=1S/C23H26O8/c1-14(8-9-15-10-17(25-2)21(29-6)18(11-15)26-3)31-23(24)16-12-19(27-4)22(30-7)20(13-16)28-5/h10-14H,1-7H3. The van der Waals surface area contributed by atoms with E-state index in [1.54, 1.807) is 19.1 Å². The van der Waals surface area contributed by atoms with Crippen molar-refractivity contribution in [2.24, 2.45) is 0 Å². The van der Waals surface area contributed by atoms with Crippen LogP contribution in [0.3, 0.4) is 0 Å². The van der Waals surface area contributed by atoms with Gasteiger partial charge in [-0.15, -0.1) is 0 Å². The molecule has 31 heavy (non-hydrogen) atoms. The van der Waals surface area contributed by atoms with Gasteiger partial charge in [-0.1, -0.05) is 11.8 Å². The van der Waals surface area contributed by atoms with Crippen molar-refractivity contribution in [1.29, 1.82) is 0 Å². The average molecular weight is 430 g/mol. The molecule has 0 aliphatic rings. The fourth-order valence-electron chi connectivity index (χ4n) is 2.80. The van der Waals surface area contributed by atoms with Gasteiger partial charge in [0.1, 0.15) is 0 Å². The molecule has 0 bridgehead atoms. The lowest BCUT2D eigenvalue weighted by atomic mass is 10.1. The predicted molar refractivity (Wildman–Crippen MR) is 114 cm³/mol. The SMILES string of the molecule is COc1cc(C#CC(C)OC(=O)c2cc(OC)c(OC)c(OC)c2)cc(OC)c1OC. The molecule has 2 aromatic rings. The molecule has 2 rings (SSSR count). The van der Waals surface area contributed by atoms with Crippen LogP contribution in [-0.4, -0.2) is 54.7 Å². The molecule has 0 aliphatic heterocycles. The monoisotopic (exact) mass is 430 g/mol. The van der Waals surface area contributed by atoms with E-state index in [0.29, 0.717) is 40.1 Å². The van der Waals surface area contributed by atoms with Crippen LogP contribution < -0.4 is 28.4 Å². The maximum atomic E-state index is 12.6. The molecule has 2 aromatic carbocycles. The van der Waals surface area contributed by atoms with Crippen LogP contribution in [0, 0.1) is 11.8 Å². The van der Waals surface area contributed by atoms with Crippen LogP contribution in [0.5, 0.6) is 34.5 Å². The lowest BCUT2D eigenvalue weighted by molar-refractivity contribution is 0.0437. The van der Waals surface area contributed by atoms with Gasteiger partial charge in [-0.25, -0.2) is 4.79 Å². The van der Waals surface area contributed by atoms with E-state index in [9.17, 15) is 4.79 Å². The van der Waals surface area contributed by atoms with E-state index >= 15 is 0 Å². The first-order valence-corrected chi connectivity index (χ1v) is 9.24. The fraction of sp³-hybridized carbons (Fsp3) is 0.348. The minimum Gasteiger partial charge on any atom is -0.493 e. The molecule has 0 spiro atoms. The summed E-state index contributed by atoms with van der Waals surface area (Å²) in [5, 5.41) is 0. The first-order valence-electron chi connectivity index (χ1n) is 9.24. The van der Waals surface area contributed by atoms with E-state index in [0.717, 1.165) is 0 Å². The summed E-state index contributed by atoms with van der Waals surface area (Å²) in [7, 11) is 9.00. The van der Waals surface area contributed by atoms with Crippen LogP contribution in [-0.2, 0) is 4.74 Å². The normalized spacial score (nSPS) is 10.8. The maximum absolute atomic E-state index is 12.6. The summed E-state index contributed by atoms with van der Waals surface area (Å²) in [5.41, 5.74) is 0.862. The van der Waals surface area contributed by atoms with E-state index in [1.165, 1.54) is 54.8 Å². The van der Waals surface area contributed by atoms with Crippen LogP contribution >= 0.6 is 0 Å². The largest absolute Gasteiger partial charge is 0.493 e. The predicted octanol–water partition coefficient (Wildman–Crippen LogP) is 3.34. The Kier molecular flexibility index (Phi) is 8.26. The second kappa shape index (κ2) is 10.9. The van der Waals surface area contributed by atoms with Gasteiger partial charge >= 0.3 is 5.97 Å². The summed E-state index contributed by atoms with van der Waals surface area (Å²) in [5.74, 6) is 7.78. The summed E-state index contributed by atoms with van der Waals surface area (Å²) in [6.45, 7) is 1.67. The van der Waals surface area contributed by atoms with Crippen LogP contribution in [0.2, 0.25) is 0 Å². The zero-order valence-electron chi connectivity index (χ0n) is 18.7. The highest BCUT2D eigenvalue weighted by molar-refractivity contribution is 5.91. The van der Waals surface area contributed by atoms with Crippen molar-refractivity contribution >= 4 is 5.97 Å². The van der Waals surface area contributed by atoms with Crippen molar-refractivity contribution in [1.82, 2.24) is 0 Å². The number of rotatable bonds is 8. The third kappa shape index (κ3) is 5.45. The summed E-state index contributed by atoms with van der Waals surface area (Å²) in [6.07, 6.45) is -0.689. The minimum absolute atomic E-state index is 0.246. The third-order valence-electron chi connectivity index (χ3n) is 4.27. The molecule has 0 fully saturated rings. The zero-order valence-corrected chi connectivity index (χ0v) is 18.7. The van der Waals surface area contributed by atoms with E-state index in [4.69, 9.17) is 33.2 Å². The lowest BCUT2D eigenvalue weighted by Crippen LogP contribution is -2.14. The van der Waals surface area contributed by atoms with Crippen molar-refractivity contribution in [3.05, 3.63) is 35.4 Å². The van der Waals surface area contributed by atoms with E-state index in [-0.39, 0.29) is 5.56 Å². The van der Waals surface area contributed by atoms with Crippen LogP contribution in [0.1, 0.15) is 22.8 Å². The summed E-state index contributed by atoms with van der Waals surface area (Å²) in [6, 6.07) is 6.45. The van der Waals surface area contributed by atoms with Crippen LogP contribution in [0.15, 0.2) is 24.3 Å². The van der Waals surface area contributed by atoms with Crippen LogP contribution in [0.4, 0.5) is 0 Å². The van der Waals surface area contributed by atoms with E-state index in [1.807, 2.05) is 0 Å². The first-order chi connectivity index (χ1) is 14.9. The highest BCUT2D eigenvalue weighted by Crippen LogP contribution is 2.39. The number of carbonyl (C=O) groups excluding carboxylic acids is 1. The number of hydrogen-bond acceptors (Lipinski definition) is 8. The van der Waals surface area contributed by atoms with Crippen molar-refractivity contribution in [2.45, 2.75) is 13.0 Å². The molecule has 0 amide bonds. The molecule has 1 unspecified atom stereocenters. The highest BCUT2D eigenvalue weighted by atomic mass is 16.5. The van der Waals surface area contributed by atoms with Gasteiger partial charge in [-0.2, -0.15) is 0 Å². The van der Waals surface area contributed by atoms with Crippen LogP contribution in [0.25, 0.3) is 0 Å². The molecule has 0 radical (unpaired) electrons. The molecule has 0 aliphatic carbocycles. The molecule has 0 saturated heterocycles. The molecule has 166 valence electrons. The summed E-state index contributed by atoms with van der Waals surface area (Å²) in [4.78, 5) is 12.6. The zero-order chi connectivity index (χ0) is 23.0. The minimum atomic E-state index is -0.689. The Morgan fingerprint density at radius 3 is 1.52 bits per heavy atom. The number of hydrogen-bond donors (Lipinski definition) is 0. The molecule has 8 heteroatoms. The molecule has 0 saturated carbocycles. The quantitative estimate of drug-likeness (QED) is 0.466. The molecule has 0 N–H and O–H groups in total. The van der Waals surface area contributed by atoms with Gasteiger partial charge in [0.2, 0.25) is 11.5 Å². The first kappa shape index (κ1) is 23.5. The van der Waals surface area contributed by atoms with E-state index < -0.39 is 12.1 Å². The summed E-state index contributed by atoms with van der Waals surface area (Å²) < 4.78 is 37.2. The Balaban J connectivity index is 2.24. The van der Waals surface area contributed by atoms with E-state index in [2.05, 4.69) is 11.8 Å². The second-order valence-corrected chi connectivity index (χ2v) is 6.14. The Labute approximate surface area is 181 Å². The molecular weight excluding hydrogens is 404 g/mol. The molecule has 0 heterocycles. The Morgan fingerprint density at radius 2 is 1.13 bits per heavy atom. The number of benzene rings is 2. The average Bonchev–Trinajstić information content (AvgIpc) is 2.80. The van der Waals surface area contributed by atoms with Crippen molar-refractivity contribution in [3.8, 4) is 46.3 Å². The van der Waals surface area contributed by atoms with Gasteiger partial charge in [0, 0.05) is 5.56 Å². The number of ether oxygens (including phenoxy) is 7. The van der Waals surface area contributed by atoms with Gasteiger partial charge in [0.15, 0.2) is 29.1 Å². The lowest BCUT2D eigenvalue weighted by Gasteiger charge is -2.14. The van der Waals surface area contributed by atoms with Crippen molar-refractivity contribution < 1.29 is 38.0 Å². The van der Waals surface area contributed by atoms with Gasteiger partial charge in [0.25, 0.3) is 0 Å². The number of methoxy groups -OCH3 is 6. The molecule has 8 nitrogen and oxygen atoms in total. The smallest absolute Gasteiger partial charge is 0.339 e. The van der Waals surface area contributed by atoms with Gasteiger partial charge < -0.3 is 33.2 Å². The Bertz CT molecular complexity index is 937. The highest BCUT2D eigenvalue weighted by Gasteiger charge is 2.19. The van der Waals surface area contributed by atoms with Gasteiger partial charge in [-0.05, 0) is 31.2 Å². The molecule has 0 aromatic heterocycles. The molecule has 1 atom stereocenters. The van der Waals surface area contributed by atoms with Crippen molar-refractivity contribution in [3.63, 3.8) is 0 Å². The molecular formula is C23H26O8. The Hall–Kier alpha value is -3.73. The van der Waals surface area contributed by atoms with Gasteiger partial charge in [0.05, 0.1) is 48.2 Å². The third-order valence-corrected chi connectivity index (χ3v) is 4.27. The second-order valence-electron chi connectivity index (χ2n) is 6.14.